The molecule has 0 heterocycles. The Bertz CT molecular complexity index is 178. The van der Waals surface area contributed by atoms with Crippen LogP contribution in [0.15, 0.2) is 0 Å². The molecule has 0 aliphatic carbocycles. The van der Waals surface area contributed by atoms with Crippen molar-refractivity contribution in [3.8, 4) is 0 Å². The summed E-state index contributed by atoms with van der Waals surface area (Å²) in [7, 11) is 0. The Hall–Kier alpha value is -0.570. The summed E-state index contributed by atoms with van der Waals surface area (Å²) in [6.45, 7) is 8.87. The summed E-state index contributed by atoms with van der Waals surface area (Å²) in [6, 6.07) is 0. The van der Waals surface area contributed by atoms with Gasteiger partial charge >= 0.3 is 5.97 Å². The molecule has 0 aromatic carbocycles. The van der Waals surface area contributed by atoms with E-state index in [0.29, 0.717) is 0 Å². The molecule has 3 nitrogen and oxygen atoms in total. The minimum Gasteiger partial charge on any atom is -0.462 e. The van der Waals surface area contributed by atoms with E-state index in [2.05, 4.69) is 0 Å². The second-order valence-corrected chi connectivity index (χ2v) is 4.63. The highest BCUT2D eigenvalue weighted by atomic mass is 16.5. The first-order valence-electron chi connectivity index (χ1n) is 4.58. The third kappa shape index (κ3) is 8.43. The normalized spacial score (nSPS) is 11.1. The van der Waals surface area contributed by atoms with Crippen molar-refractivity contribution in [1.29, 1.82) is 0 Å². The maximum absolute atomic E-state index is 11.4. The van der Waals surface area contributed by atoms with E-state index in [-0.39, 0.29) is 27.4 Å². The first-order valence-corrected chi connectivity index (χ1v) is 4.58. The van der Waals surface area contributed by atoms with Gasteiger partial charge in [-0.3, -0.25) is 4.79 Å². The molecule has 94 valence electrons. The molecule has 0 radical (unpaired) electrons. The zero-order valence-electron chi connectivity index (χ0n) is 9.18. The Morgan fingerprint density at radius 3 is 1.87 bits per heavy atom. The molecule has 0 atom stereocenters. The van der Waals surface area contributed by atoms with Gasteiger partial charge in [-0.2, -0.15) is 0 Å². The van der Waals surface area contributed by atoms with Crippen LogP contribution in [-0.4, -0.2) is 23.3 Å². The van der Waals surface area contributed by atoms with Gasteiger partial charge in [0.05, 0.1) is 11.0 Å². The Morgan fingerprint density at radius 1 is 1.20 bits per heavy atom. The van der Waals surface area contributed by atoms with Gasteiger partial charge in [0.1, 0.15) is 6.61 Å². The molecule has 3 heteroatoms. The van der Waals surface area contributed by atoms with Crippen molar-refractivity contribution in [1.82, 2.24) is 0 Å². The van der Waals surface area contributed by atoms with Crippen LogP contribution in [-0.2, 0) is 9.53 Å². The number of carbonyl (C=O) groups excluding carboxylic acids is 1. The molecule has 0 saturated heterocycles. The van der Waals surface area contributed by atoms with E-state index >= 15 is 0 Å². The number of hydrogen-bond donors (Lipinski definition) is 1. The van der Waals surface area contributed by atoms with Crippen molar-refractivity contribution in [3.05, 3.63) is 0 Å². The lowest BCUT2D eigenvalue weighted by molar-refractivity contribution is -0.160. The van der Waals surface area contributed by atoms with E-state index in [1.807, 2.05) is 20.8 Å². The van der Waals surface area contributed by atoms with Gasteiger partial charge in [0.25, 0.3) is 0 Å². The smallest absolute Gasteiger partial charge is 0.311 e. The first kappa shape index (κ1) is 19.9. The fourth-order valence-electron chi connectivity index (χ4n) is 0.582. The topological polar surface area (TPSA) is 46.5 Å². The van der Waals surface area contributed by atoms with Gasteiger partial charge in [-0.05, 0) is 34.1 Å². The lowest BCUT2D eigenvalue weighted by Crippen LogP contribution is -2.33. The average Bonchev–Trinajstić information content (AvgIpc) is 1.98. The Balaban J connectivity index is -0.000000720. The molecule has 0 bridgehead atoms. The summed E-state index contributed by atoms with van der Waals surface area (Å²) in [5.74, 6) is -0.253. The van der Waals surface area contributed by atoms with Crippen LogP contribution in [0.3, 0.4) is 0 Å². The summed E-state index contributed by atoms with van der Waals surface area (Å²) in [5, 5.41) is 9.33. The predicted octanol–water partition coefficient (Wildman–Crippen LogP) is 3.01. The summed E-state index contributed by atoms with van der Waals surface area (Å²) < 4.78 is 4.97. The fraction of sp³-hybridized carbons (Fsp3) is 0.917. The highest BCUT2D eigenvalue weighted by molar-refractivity contribution is 5.75. The van der Waals surface area contributed by atoms with Gasteiger partial charge in [-0.25, -0.2) is 0 Å². The maximum atomic E-state index is 11.4. The van der Waals surface area contributed by atoms with E-state index < -0.39 is 11.0 Å². The van der Waals surface area contributed by atoms with Crippen LogP contribution in [0.2, 0.25) is 0 Å². The molecule has 0 unspecified atom stereocenters. The number of esters is 1. The minimum atomic E-state index is -0.945. The molecule has 0 saturated carbocycles. The third-order valence-electron chi connectivity index (χ3n) is 1.99. The molecule has 0 amide bonds. The van der Waals surface area contributed by atoms with Crippen LogP contribution in [0.1, 0.15) is 55.9 Å². The second-order valence-electron chi connectivity index (χ2n) is 4.63. The van der Waals surface area contributed by atoms with Crippen LogP contribution in [0.5, 0.6) is 0 Å². The van der Waals surface area contributed by atoms with Gasteiger partial charge < -0.3 is 9.84 Å². The molecule has 0 aliphatic heterocycles. The van der Waals surface area contributed by atoms with Crippen molar-refractivity contribution >= 4 is 5.97 Å². The van der Waals surface area contributed by atoms with E-state index in [0.717, 1.165) is 6.42 Å². The Labute approximate surface area is 94.8 Å². The SMILES string of the molecule is C.C.CCC(C)(C)C(=O)OCC(C)(C)O. The number of carbonyl (C=O) groups is 1. The monoisotopic (exact) mass is 220 g/mol. The third-order valence-corrected chi connectivity index (χ3v) is 1.99. The van der Waals surface area contributed by atoms with Crippen LogP contribution in [0, 0.1) is 5.41 Å². The number of aliphatic hydroxyl groups is 1. The van der Waals surface area contributed by atoms with Gasteiger partial charge in [0.2, 0.25) is 0 Å². The van der Waals surface area contributed by atoms with Crippen molar-refractivity contribution in [2.24, 2.45) is 5.41 Å². The van der Waals surface area contributed by atoms with Gasteiger partial charge in [-0.15, -0.1) is 0 Å². The lowest BCUT2D eigenvalue weighted by Gasteiger charge is -2.23. The molecule has 0 aromatic heterocycles. The highest BCUT2D eigenvalue weighted by Crippen LogP contribution is 2.21. The molecule has 0 fully saturated rings. The van der Waals surface area contributed by atoms with Crippen molar-refractivity contribution in [3.63, 3.8) is 0 Å². The number of rotatable bonds is 4. The maximum Gasteiger partial charge on any atom is 0.311 e. The quantitative estimate of drug-likeness (QED) is 0.741. The van der Waals surface area contributed by atoms with E-state index in [1.165, 1.54) is 0 Å². The van der Waals surface area contributed by atoms with Crippen LogP contribution in [0.4, 0.5) is 0 Å². The summed E-state index contributed by atoms with van der Waals surface area (Å²) in [4.78, 5) is 11.4. The molecular weight excluding hydrogens is 192 g/mol. The van der Waals surface area contributed by atoms with Crippen molar-refractivity contribution < 1.29 is 14.6 Å². The van der Waals surface area contributed by atoms with E-state index in [9.17, 15) is 9.90 Å². The Kier molecular flexibility index (Phi) is 9.07. The lowest BCUT2D eigenvalue weighted by atomic mass is 9.91. The first-order chi connectivity index (χ1) is 5.69. The van der Waals surface area contributed by atoms with Crippen molar-refractivity contribution in [2.45, 2.75) is 61.5 Å². The van der Waals surface area contributed by atoms with Crippen LogP contribution in [0.25, 0.3) is 0 Å². The molecule has 0 spiro atoms. The molecular formula is C12H28O3. The van der Waals surface area contributed by atoms with E-state index in [1.54, 1.807) is 13.8 Å². The summed E-state index contributed by atoms with van der Waals surface area (Å²) in [6.07, 6.45) is 0.734. The number of hydrogen-bond acceptors (Lipinski definition) is 3. The zero-order valence-corrected chi connectivity index (χ0v) is 9.18. The average molecular weight is 220 g/mol. The fourth-order valence-corrected chi connectivity index (χ4v) is 0.582. The number of ether oxygens (including phenoxy) is 1. The molecule has 1 N–H and O–H groups in total. The van der Waals surface area contributed by atoms with Crippen LogP contribution >= 0.6 is 0 Å². The zero-order chi connectivity index (χ0) is 10.7. The van der Waals surface area contributed by atoms with Gasteiger partial charge in [0.15, 0.2) is 0 Å². The molecule has 0 rings (SSSR count). The summed E-state index contributed by atoms with van der Waals surface area (Å²) in [5.41, 5.74) is -1.40. The highest BCUT2D eigenvalue weighted by Gasteiger charge is 2.28. The molecule has 0 aromatic rings. The largest absolute Gasteiger partial charge is 0.462 e. The second kappa shape index (κ2) is 6.83. The van der Waals surface area contributed by atoms with Gasteiger partial charge in [0, 0.05) is 0 Å². The Morgan fingerprint density at radius 2 is 1.60 bits per heavy atom. The van der Waals surface area contributed by atoms with E-state index in [4.69, 9.17) is 4.74 Å². The minimum absolute atomic E-state index is 0. The standard InChI is InChI=1S/C10H20O3.2CH4/c1-6-9(2,3)8(11)13-7-10(4,5)12;;/h12H,6-7H2,1-5H3;2*1H4. The molecule has 15 heavy (non-hydrogen) atoms. The molecule has 0 aliphatic rings. The van der Waals surface area contributed by atoms with Crippen molar-refractivity contribution in [2.75, 3.05) is 6.61 Å². The van der Waals surface area contributed by atoms with Gasteiger partial charge in [-0.1, -0.05) is 21.8 Å². The predicted molar refractivity (Wildman–Crippen MR) is 64.8 cm³/mol. The summed E-state index contributed by atoms with van der Waals surface area (Å²) >= 11 is 0. The van der Waals surface area contributed by atoms with Crippen LogP contribution < -0.4 is 0 Å².